The molecule has 6 aromatic rings. The number of ether oxygens (including phenoxy) is 1. The molecule has 4 heterocycles. The van der Waals surface area contributed by atoms with Gasteiger partial charge in [-0.3, -0.25) is 4.79 Å². The van der Waals surface area contributed by atoms with Crippen LogP contribution in [0.1, 0.15) is 29.8 Å². The first-order valence-electron chi connectivity index (χ1n) is 13.4. The molecule has 0 aliphatic heterocycles. The first kappa shape index (κ1) is 30.4. The molecule has 44 heavy (non-hydrogen) atoms. The molecule has 0 saturated heterocycles. The normalized spacial score (nSPS) is 11.6. The summed E-state index contributed by atoms with van der Waals surface area (Å²) >= 11 is 0. The van der Waals surface area contributed by atoms with Crippen LogP contribution in [0.2, 0.25) is 0 Å². The zero-order valence-electron chi connectivity index (χ0n) is 23.9. The van der Waals surface area contributed by atoms with Gasteiger partial charge in [-0.05, 0) is 62.4 Å². The molecule has 0 aliphatic carbocycles. The zero-order chi connectivity index (χ0) is 31.5. The highest BCUT2D eigenvalue weighted by Crippen LogP contribution is 2.24. The van der Waals surface area contributed by atoms with Crippen molar-refractivity contribution in [2.75, 3.05) is 6.61 Å². The van der Waals surface area contributed by atoms with Gasteiger partial charge in [0.2, 0.25) is 0 Å². The number of carbonyl (C=O) groups excluding carboxylic acids is 1. The maximum Gasteiger partial charge on any atom is 0.269 e. The lowest BCUT2D eigenvalue weighted by molar-refractivity contribution is 0.101. The average molecular weight is 629 g/mol. The van der Waals surface area contributed by atoms with Crippen LogP contribution in [-0.4, -0.2) is 47.1 Å². The highest BCUT2D eigenvalue weighted by Gasteiger charge is 2.21. The molecule has 0 spiro atoms. The lowest BCUT2D eigenvalue weighted by Crippen LogP contribution is -2.12. The highest BCUT2D eigenvalue weighted by atomic mass is 32.2. The number of fused-ring (bicyclic) bond motifs is 2. The minimum atomic E-state index is -3.69. The Hall–Kier alpha value is -5.07. The first-order chi connectivity index (χ1) is 21.0. The summed E-state index contributed by atoms with van der Waals surface area (Å²) in [5.41, 5.74) is 1.87. The van der Waals surface area contributed by atoms with Crippen LogP contribution in [0.4, 0.5) is 0 Å². The molecular formula is C32H28N4O6S2. The van der Waals surface area contributed by atoms with Crippen molar-refractivity contribution in [3.8, 4) is 0 Å². The molecule has 0 radical (unpaired) electrons. The van der Waals surface area contributed by atoms with Crippen molar-refractivity contribution < 1.29 is 26.4 Å². The van der Waals surface area contributed by atoms with Crippen molar-refractivity contribution in [2.45, 2.75) is 23.6 Å². The summed E-state index contributed by atoms with van der Waals surface area (Å²) in [5, 5.41) is 1.32. The summed E-state index contributed by atoms with van der Waals surface area (Å²) in [6.07, 6.45) is 5.91. The lowest BCUT2D eigenvalue weighted by atomic mass is 10.2. The maximum absolute atomic E-state index is 12.7. The van der Waals surface area contributed by atoms with Gasteiger partial charge in [-0.2, -0.15) is 0 Å². The molecule has 224 valence electrons. The zero-order valence-corrected chi connectivity index (χ0v) is 25.5. The number of hydrogen-bond acceptors (Lipinski definition) is 8. The van der Waals surface area contributed by atoms with Crippen molar-refractivity contribution in [2.24, 2.45) is 0 Å². The number of nitrogens with zero attached hydrogens (tertiary/aromatic N) is 4. The molecule has 12 heteroatoms. The Balaban J connectivity index is 0.000000175. The summed E-state index contributed by atoms with van der Waals surface area (Å²) in [6, 6.07) is 23.2. The second-order valence-electron chi connectivity index (χ2n) is 9.55. The number of carbonyl (C=O) groups is 1. The van der Waals surface area contributed by atoms with Crippen molar-refractivity contribution in [1.29, 1.82) is 0 Å². The van der Waals surface area contributed by atoms with Gasteiger partial charge in [0.1, 0.15) is 5.76 Å². The third-order valence-corrected chi connectivity index (χ3v) is 9.99. The van der Waals surface area contributed by atoms with Crippen LogP contribution in [0.15, 0.2) is 126 Å². The van der Waals surface area contributed by atoms with Crippen molar-refractivity contribution >= 4 is 53.7 Å². The van der Waals surface area contributed by atoms with Crippen molar-refractivity contribution in [1.82, 2.24) is 17.9 Å². The average Bonchev–Trinajstić information content (AvgIpc) is 3.67. The molecule has 6 rings (SSSR count). The number of Topliss-reactive ketones (excluding diaryl/α,β-unsaturated/α-hetero) is 1. The fourth-order valence-corrected chi connectivity index (χ4v) is 7.06. The monoisotopic (exact) mass is 628 g/mol. The van der Waals surface area contributed by atoms with E-state index in [9.17, 15) is 21.6 Å². The van der Waals surface area contributed by atoms with Crippen LogP contribution < -0.4 is 0 Å². The number of pyridine rings is 2. The topological polar surface area (TPSA) is 130 Å². The minimum Gasteiger partial charge on any atom is -0.494 e. The Morgan fingerprint density at radius 2 is 1.16 bits per heavy atom. The molecule has 0 unspecified atom stereocenters. The standard InChI is InChI=1S/C17H16N2O3S.C15H12N2O3S/c1-3-22-13(2)15-11-14-9-10-19(17(14)18-12-15)23(20,21)16-7-5-4-6-8-16;1-11(18)13-9-12-7-8-17(15(12)16-10-13)21(19,20)14-5-3-2-4-6-14/h4-12H,2-3H2,1H3;2-10H,1H3. The molecule has 0 amide bonds. The predicted octanol–water partition coefficient (Wildman–Crippen LogP) is 5.76. The number of ketones is 1. The summed E-state index contributed by atoms with van der Waals surface area (Å²) in [5.74, 6) is 0.406. The van der Waals surface area contributed by atoms with Gasteiger partial charge in [0.05, 0.1) is 16.4 Å². The smallest absolute Gasteiger partial charge is 0.269 e. The Bertz CT molecular complexity index is 2210. The van der Waals surface area contributed by atoms with Gasteiger partial charge in [0.25, 0.3) is 20.0 Å². The summed E-state index contributed by atoms with van der Waals surface area (Å²) < 4.78 is 58.3. The minimum absolute atomic E-state index is 0.108. The largest absolute Gasteiger partial charge is 0.494 e. The Labute approximate surface area is 255 Å². The third-order valence-electron chi connectivity index (χ3n) is 6.63. The molecule has 0 N–H and O–H groups in total. The van der Waals surface area contributed by atoms with E-state index >= 15 is 0 Å². The van der Waals surface area contributed by atoms with E-state index in [0.717, 1.165) is 9.54 Å². The van der Waals surface area contributed by atoms with Crippen LogP contribution in [0, 0.1) is 0 Å². The van der Waals surface area contributed by atoms with Crippen LogP contribution in [0.3, 0.4) is 0 Å². The number of benzene rings is 2. The summed E-state index contributed by atoms with van der Waals surface area (Å²) in [7, 11) is -7.35. The fraction of sp³-hybridized carbons (Fsp3) is 0.0938. The number of aromatic nitrogens is 4. The van der Waals surface area contributed by atoms with Gasteiger partial charge >= 0.3 is 0 Å². The van der Waals surface area contributed by atoms with E-state index in [0.29, 0.717) is 40.0 Å². The lowest BCUT2D eigenvalue weighted by Gasteiger charge is -2.08. The van der Waals surface area contributed by atoms with Gasteiger partial charge in [-0.15, -0.1) is 0 Å². The highest BCUT2D eigenvalue weighted by molar-refractivity contribution is 7.90. The second kappa shape index (κ2) is 12.3. The van der Waals surface area contributed by atoms with E-state index in [4.69, 9.17) is 4.74 Å². The Kier molecular flexibility index (Phi) is 8.47. The van der Waals surface area contributed by atoms with Gasteiger partial charge in [-0.25, -0.2) is 34.7 Å². The van der Waals surface area contributed by atoms with E-state index in [2.05, 4.69) is 16.5 Å². The second-order valence-corrected chi connectivity index (χ2v) is 13.2. The third kappa shape index (κ3) is 5.90. The van der Waals surface area contributed by atoms with Crippen molar-refractivity contribution in [3.63, 3.8) is 0 Å². The van der Waals surface area contributed by atoms with E-state index in [-0.39, 0.29) is 15.6 Å². The molecule has 0 aliphatic rings. The fourth-order valence-electron chi connectivity index (χ4n) is 4.40. The SMILES string of the molecule is C=C(OCC)c1cnc2c(ccn2S(=O)(=O)c2ccccc2)c1.CC(=O)c1cnc2c(ccn2S(=O)(=O)c2ccccc2)c1. The molecule has 0 bridgehead atoms. The maximum atomic E-state index is 12.7. The van der Waals surface area contributed by atoms with E-state index in [1.54, 1.807) is 72.9 Å². The predicted molar refractivity (Wildman–Crippen MR) is 168 cm³/mol. The molecule has 0 fully saturated rings. The molecule has 0 atom stereocenters. The summed E-state index contributed by atoms with van der Waals surface area (Å²) in [4.78, 5) is 20.2. The first-order valence-corrected chi connectivity index (χ1v) is 16.3. The molecule has 2 aromatic carbocycles. The summed E-state index contributed by atoms with van der Waals surface area (Å²) in [6.45, 7) is 7.67. The van der Waals surface area contributed by atoms with Crippen LogP contribution in [0.5, 0.6) is 0 Å². The Morgan fingerprint density at radius 3 is 1.59 bits per heavy atom. The number of hydrogen-bond donors (Lipinski definition) is 0. The van der Waals surface area contributed by atoms with E-state index in [1.807, 2.05) is 13.0 Å². The van der Waals surface area contributed by atoms with Gasteiger partial charge in [0.15, 0.2) is 17.1 Å². The molecule has 10 nitrogen and oxygen atoms in total. The van der Waals surface area contributed by atoms with Gasteiger partial charge in [-0.1, -0.05) is 43.0 Å². The van der Waals surface area contributed by atoms with Crippen molar-refractivity contribution in [3.05, 3.63) is 127 Å². The molecule has 4 aromatic heterocycles. The molecular weight excluding hydrogens is 601 g/mol. The Morgan fingerprint density at radius 1 is 0.727 bits per heavy atom. The number of rotatable bonds is 8. The van der Waals surface area contributed by atoms with Gasteiger partial charge in [0, 0.05) is 46.7 Å². The van der Waals surface area contributed by atoms with Gasteiger partial charge < -0.3 is 4.74 Å². The van der Waals surface area contributed by atoms with E-state index < -0.39 is 20.0 Å². The van der Waals surface area contributed by atoms with E-state index in [1.165, 1.54) is 41.6 Å². The van der Waals surface area contributed by atoms with Crippen LogP contribution in [-0.2, 0) is 24.8 Å². The quantitative estimate of drug-likeness (QED) is 0.154. The van der Waals surface area contributed by atoms with Crippen LogP contribution in [0.25, 0.3) is 27.8 Å². The molecule has 0 saturated carbocycles. The van der Waals surface area contributed by atoms with Crippen LogP contribution >= 0.6 is 0 Å².